The molecule has 0 amide bonds. The second kappa shape index (κ2) is 8.53. The third kappa shape index (κ3) is 4.69. The Morgan fingerprint density at radius 3 is 2.70 bits per heavy atom. The molecule has 0 saturated heterocycles. The van der Waals surface area contributed by atoms with Crippen molar-refractivity contribution < 1.29 is 19.0 Å². The van der Waals surface area contributed by atoms with Crippen LogP contribution in [0.2, 0.25) is 0 Å². The highest BCUT2D eigenvalue weighted by Crippen LogP contribution is 2.37. The van der Waals surface area contributed by atoms with Crippen molar-refractivity contribution in [1.29, 1.82) is 0 Å². The van der Waals surface area contributed by atoms with Crippen molar-refractivity contribution in [2.24, 2.45) is 0 Å². The van der Waals surface area contributed by atoms with Gasteiger partial charge in [0.2, 0.25) is 0 Å². The number of carbonyl (C=O) groups is 1. The zero-order valence-electron chi connectivity index (χ0n) is 13.0. The lowest BCUT2D eigenvalue weighted by molar-refractivity contribution is 0.0525. The van der Waals surface area contributed by atoms with Crippen molar-refractivity contribution in [2.45, 2.75) is 20.5 Å². The lowest BCUT2D eigenvalue weighted by atomic mass is 10.2. The van der Waals surface area contributed by atoms with E-state index in [4.69, 9.17) is 14.2 Å². The topological polar surface area (TPSA) is 57.7 Å². The van der Waals surface area contributed by atoms with Gasteiger partial charge in [0.15, 0.2) is 11.5 Å². The van der Waals surface area contributed by atoms with Gasteiger partial charge in [-0.1, -0.05) is 6.07 Å². The lowest BCUT2D eigenvalue weighted by Gasteiger charge is -2.15. The fraction of sp³-hybridized carbons (Fsp3) is 0.294. The van der Waals surface area contributed by atoms with Crippen LogP contribution in [0.4, 0.5) is 0 Å². The highest BCUT2D eigenvalue weighted by Gasteiger charge is 2.17. The van der Waals surface area contributed by atoms with Crippen molar-refractivity contribution in [2.75, 3.05) is 13.2 Å². The molecule has 0 aliphatic carbocycles. The summed E-state index contributed by atoms with van der Waals surface area (Å²) in [5.41, 5.74) is 1.35. The molecule has 23 heavy (non-hydrogen) atoms. The molecule has 0 N–H and O–H groups in total. The molecule has 6 heteroatoms. The first-order valence-electron chi connectivity index (χ1n) is 7.30. The summed E-state index contributed by atoms with van der Waals surface area (Å²) < 4.78 is 17.1. The zero-order valence-corrected chi connectivity index (χ0v) is 14.6. The van der Waals surface area contributed by atoms with E-state index in [-0.39, 0.29) is 0 Å². The average Bonchev–Trinajstić information content (AvgIpc) is 2.55. The molecule has 1 aromatic heterocycles. The number of pyridine rings is 1. The van der Waals surface area contributed by atoms with Gasteiger partial charge in [0.1, 0.15) is 6.61 Å². The number of aromatic nitrogens is 1. The molecular weight excluding hydrogens is 362 g/mol. The number of carbonyl (C=O) groups excluding carboxylic acids is 1. The largest absolute Gasteiger partial charge is 0.490 e. The summed E-state index contributed by atoms with van der Waals surface area (Å²) in [5.74, 6) is 0.644. The quantitative estimate of drug-likeness (QED) is 0.680. The van der Waals surface area contributed by atoms with E-state index in [2.05, 4.69) is 20.9 Å². The molecule has 0 bridgehead atoms. The summed E-state index contributed by atoms with van der Waals surface area (Å²) in [7, 11) is 0. The van der Waals surface area contributed by atoms with Crippen molar-refractivity contribution in [1.82, 2.24) is 4.98 Å². The monoisotopic (exact) mass is 379 g/mol. The first-order chi connectivity index (χ1) is 11.2. The van der Waals surface area contributed by atoms with Gasteiger partial charge in [0.25, 0.3) is 0 Å². The number of esters is 1. The number of hydrogen-bond donors (Lipinski definition) is 0. The Morgan fingerprint density at radius 1 is 1.22 bits per heavy atom. The summed E-state index contributed by atoms with van der Waals surface area (Å²) in [6.07, 6.45) is 3.44. The van der Waals surface area contributed by atoms with Gasteiger partial charge in [0.05, 0.1) is 23.2 Å². The van der Waals surface area contributed by atoms with Crippen LogP contribution in [0.15, 0.2) is 41.1 Å². The van der Waals surface area contributed by atoms with Crippen LogP contribution in [0, 0.1) is 0 Å². The molecule has 0 spiro atoms. The third-order valence-electron chi connectivity index (χ3n) is 2.93. The van der Waals surface area contributed by atoms with Gasteiger partial charge >= 0.3 is 5.97 Å². The zero-order chi connectivity index (χ0) is 16.7. The molecule has 122 valence electrons. The van der Waals surface area contributed by atoms with Gasteiger partial charge in [0, 0.05) is 18.0 Å². The third-order valence-corrected chi connectivity index (χ3v) is 3.52. The van der Waals surface area contributed by atoms with Crippen molar-refractivity contribution in [3.8, 4) is 11.5 Å². The molecule has 0 fully saturated rings. The Hall–Kier alpha value is -2.08. The number of benzene rings is 1. The summed E-state index contributed by atoms with van der Waals surface area (Å²) in [6, 6.07) is 7.07. The Bertz CT molecular complexity index is 661. The number of rotatable bonds is 7. The van der Waals surface area contributed by atoms with Gasteiger partial charge in [-0.2, -0.15) is 0 Å². The minimum atomic E-state index is -0.395. The molecule has 0 aliphatic rings. The van der Waals surface area contributed by atoms with Crippen LogP contribution in [-0.4, -0.2) is 24.2 Å². The Morgan fingerprint density at radius 2 is 2.04 bits per heavy atom. The fourth-order valence-electron chi connectivity index (χ4n) is 1.94. The van der Waals surface area contributed by atoms with E-state index in [1.54, 1.807) is 31.5 Å². The number of ether oxygens (including phenoxy) is 3. The molecule has 0 aliphatic heterocycles. The summed E-state index contributed by atoms with van der Waals surface area (Å²) in [5, 5.41) is 0. The molecule has 5 nitrogen and oxygen atoms in total. The molecule has 1 aromatic carbocycles. The van der Waals surface area contributed by atoms with E-state index in [9.17, 15) is 4.79 Å². The van der Waals surface area contributed by atoms with Crippen LogP contribution < -0.4 is 9.47 Å². The SMILES string of the molecule is CCOC(=O)c1cc(Br)c(OCc2cccnc2)c(OCC)c1. The van der Waals surface area contributed by atoms with Crippen LogP contribution in [0.5, 0.6) is 11.5 Å². The van der Waals surface area contributed by atoms with Crippen molar-refractivity contribution in [3.63, 3.8) is 0 Å². The molecule has 2 rings (SSSR count). The van der Waals surface area contributed by atoms with Crippen LogP contribution in [-0.2, 0) is 11.3 Å². The van der Waals surface area contributed by atoms with Gasteiger partial charge < -0.3 is 14.2 Å². The van der Waals surface area contributed by atoms with Crippen LogP contribution >= 0.6 is 15.9 Å². The first-order valence-corrected chi connectivity index (χ1v) is 8.10. The smallest absolute Gasteiger partial charge is 0.338 e. The van der Waals surface area contributed by atoms with Crippen LogP contribution in [0.1, 0.15) is 29.8 Å². The molecule has 2 aromatic rings. The van der Waals surface area contributed by atoms with E-state index in [1.165, 1.54) is 0 Å². The van der Waals surface area contributed by atoms with Crippen LogP contribution in [0.3, 0.4) is 0 Å². The van der Waals surface area contributed by atoms with Crippen molar-refractivity contribution >= 4 is 21.9 Å². The second-order valence-corrected chi connectivity index (χ2v) is 5.44. The number of hydrogen-bond acceptors (Lipinski definition) is 5. The average molecular weight is 380 g/mol. The summed E-state index contributed by atoms with van der Waals surface area (Å²) in [6.45, 7) is 4.77. The summed E-state index contributed by atoms with van der Waals surface area (Å²) >= 11 is 3.43. The molecule has 0 unspecified atom stereocenters. The molecule has 1 heterocycles. The van der Waals surface area contributed by atoms with Gasteiger partial charge in [-0.3, -0.25) is 4.98 Å². The van der Waals surface area contributed by atoms with E-state index in [0.29, 0.717) is 41.4 Å². The minimum absolute atomic E-state index is 0.319. The summed E-state index contributed by atoms with van der Waals surface area (Å²) in [4.78, 5) is 15.9. The molecule has 0 atom stereocenters. The number of halogens is 1. The van der Waals surface area contributed by atoms with Gasteiger partial charge in [-0.25, -0.2) is 4.79 Å². The molecule has 0 radical (unpaired) electrons. The first kappa shape index (κ1) is 17.3. The number of nitrogens with zero attached hydrogens (tertiary/aromatic N) is 1. The van der Waals surface area contributed by atoms with Gasteiger partial charge in [-0.05, 0) is 48.0 Å². The predicted octanol–water partition coefficient (Wildman–Crippen LogP) is 4.00. The van der Waals surface area contributed by atoms with E-state index >= 15 is 0 Å². The van der Waals surface area contributed by atoms with Crippen molar-refractivity contribution in [3.05, 3.63) is 52.3 Å². The maximum Gasteiger partial charge on any atom is 0.338 e. The van der Waals surface area contributed by atoms with E-state index in [0.717, 1.165) is 5.56 Å². The predicted molar refractivity (Wildman–Crippen MR) is 89.8 cm³/mol. The lowest BCUT2D eigenvalue weighted by Crippen LogP contribution is -2.07. The minimum Gasteiger partial charge on any atom is -0.490 e. The van der Waals surface area contributed by atoms with E-state index < -0.39 is 5.97 Å². The molecular formula is C17H18BrNO4. The fourth-order valence-corrected chi connectivity index (χ4v) is 2.50. The Kier molecular flexibility index (Phi) is 6.40. The Balaban J connectivity index is 2.25. The highest BCUT2D eigenvalue weighted by molar-refractivity contribution is 9.10. The Labute approximate surface area is 143 Å². The van der Waals surface area contributed by atoms with Crippen LogP contribution in [0.25, 0.3) is 0 Å². The standard InChI is InChI=1S/C17H18BrNO4/c1-3-21-15-9-13(17(20)22-4-2)8-14(18)16(15)23-11-12-6-5-7-19-10-12/h5-10H,3-4,11H2,1-2H3. The normalized spacial score (nSPS) is 10.2. The highest BCUT2D eigenvalue weighted by atomic mass is 79.9. The van der Waals surface area contributed by atoms with Gasteiger partial charge in [-0.15, -0.1) is 0 Å². The molecule has 0 saturated carbocycles. The maximum atomic E-state index is 11.9. The second-order valence-electron chi connectivity index (χ2n) is 4.59. The maximum absolute atomic E-state index is 11.9. The van der Waals surface area contributed by atoms with E-state index in [1.807, 2.05) is 19.1 Å².